The van der Waals surface area contributed by atoms with E-state index in [0.717, 1.165) is 0 Å². The van der Waals surface area contributed by atoms with E-state index in [1.807, 2.05) is 0 Å². The summed E-state index contributed by atoms with van der Waals surface area (Å²) in [6.45, 7) is -0.125. The van der Waals surface area contributed by atoms with E-state index in [9.17, 15) is 0 Å². The van der Waals surface area contributed by atoms with Gasteiger partial charge in [-0.05, 0) is 0 Å². The second kappa shape index (κ2) is 61.7. The van der Waals surface area contributed by atoms with Crippen molar-refractivity contribution < 1.29 is 101 Å². The SMILES string of the molecule is [2H]CC#N.[Ce+3].[Ce+3].[O-2].[O-2].[O-2]. The van der Waals surface area contributed by atoms with Crippen molar-refractivity contribution in [2.75, 3.05) is 0 Å². The maximum absolute atomic E-state index is 7.44. The Labute approximate surface area is 117 Å². The molecule has 0 aromatic rings. The molecule has 0 saturated heterocycles. The molecule has 2 radical (unpaired) electrons. The minimum atomic E-state index is -0.125. The third-order valence-electron chi connectivity index (χ3n) is 0. The number of rotatable bonds is 0. The number of nitrogens with zero attached hydrogens (tertiary/aromatic N) is 1. The van der Waals surface area contributed by atoms with Gasteiger partial charge in [0.1, 0.15) is 0 Å². The molecule has 0 fully saturated rings. The Balaban J connectivity index is -0.00000000450. The fourth-order valence-electron chi connectivity index (χ4n) is 0. The van der Waals surface area contributed by atoms with Crippen LogP contribution in [0.4, 0.5) is 0 Å². The summed E-state index contributed by atoms with van der Waals surface area (Å²) in [5.74, 6) is 0. The van der Waals surface area contributed by atoms with Gasteiger partial charge in [-0.15, -0.1) is 0 Å². The van der Waals surface area contributed by atoms with Gasteiger partial charge >= 0.3 is 83.5 Å². The Morgan fingerprint density at radius 2 is 1.38 bits per heavy atom. The topological polar surface area (TPSA) is 109 Å². The fraction of sp³-hybridized carbons (Fsp3) is 0.500. The van der Waals surface area contributed by atoms with Gasteiger partial charge in [0.25, 0.3) is 0 Å². The van der Waals surface area contributed by atoms with Gasteiger partial charge < -0.3 is 16.4 Å². The third kappa shape index (κ3) is 91.4. The van der Waals surface area contributed by atoms with Crippen LogP contribution >= 0.6 is 0 Å². The first-order chi connectivity index (χ1) is 1.91. The zero-order chi connectivity index (χ0) is 3.41. The van der Waals surface area contributed by atoms with Gasteiger partial charge in [0, 0.05) is 8.27 Å². The normalized spacial score (nSPS) is 2.62. The molecule has 0 amide bonds. The van der Waals surface area contributed by atoms with Crippen molar-refractivity contribution in [3.63, 3.8) is 0 Å². The van der Waals surface area contributed by atoms with Crippen molar-refractivity contribution in [3.8, 4) is 6.07 Å². The molecule has 0 atom stereocenters. The van der Waals surface area contributed by atoms with E-state index in [2.05, 4.69) is 0 Å². The van der Waals surface area contributed by atoms with Crippen LogP contribution in [0, 0.1) is 94.8 Å². The molecule has 8 heavy (non-hydrogen) atoms. The zero-order valence-electron chi connectivity index (χ0n) is 4.88. The maximum atomic E-state index is 7.44. The summed E-state index contributed by atoms with van der Waals surface area (Å²) < 4.78 is 6.09. The van der Waals surface area contributed by atoms with E-state index in [1.54, 1.807) is 6.07 Å². The first kappa shape index (κ1) is 32.1. The Bertz CT molecular complexity index is 49.6. The largest absolute Gasteiger partial charge is 3.00 e. The minimum Gasteiger partial charge on any atom is -2.00 e. The maximum Gasteiger partial charge on any atom is 3.00 e. The molecule has 0 aromatic heterocycles. The summed E-state index contributed by atoms with van der Waals surface area (Å²) in [6.07, 6.45) is 0. The number of hydrogen-bond acceptors (Lipinski definition) is 1. The van der Waals surface area contributed by atoms with Crippen molar-refractivity contribution in [2.24, 2.45) is 0 Å². The molecule has 0 heterocycles. The second-order valence-electron chi connectivity index (χ2n) is 0.158. The van der Waals surface area contributed by atoms with Crippen LogP contribution in [0.5, 0.6) is 0 Å². The van der Waals surface area contributed by atoms with Gasteiger partial charge in [-0.1, -0.05) is 0 Å². The predicted octanol–water partition coefficient (Wildman–Crippen LogP) is 0.173. The van der Waals surface area contributed by atoms with Crippen LogP contribution in [0.15, 0.2) is 0 Å². The summed E-state index contributed by atoms with van der Waals surface area (Å²) >= 11 is 0. The van der Waals surface area contributed by atoms with Gasteiger partial charge in [0.15, 0.2) is 0 Å². The van der Waals surface area contributed by atoms with Gasteiger partial charge in [0.05, 0.1) is 6.07 Å². The first-order valence-electron chi connectivity index (χ1n) is 1.28. The molecule has 0 aliphatic heterocycles. The van der Waals surface area contributed by atoms with Crippen LogP contribution in [-0.2, 0) is 16.4 Å². The van der Waals surface area contributed by atoms with Gasteiger partial charge in [0.2, 0.25) is 0 Å². The zero-order valence-corrected chi connectivity index (χ0v) is 10.2. The quantitative estimate of drug-likeness (QED) is 0.595. The van der Waals surface area contributed by atoms with Crippen molar-refractivity contribution >= 4 is 0 Å². The Hall–Kier alpha value is 2.12. The summed E-state index contributed by atoms with van der Waals surface area (Å²) in [4.78, 5) is 0. The van der Waals surface area contributed by atoms with E-state index in [0.29, 0.717) is 0 Å². The average molecular weight is 370 g/mol. The third-order valence-corrected chi connectivity index (χ3v) is 0. The van der Waals surface area contributed by atoms with Crippen LogP contribution in [0.1, 0.15) is 8.27 Å². The van der Waals surface area contributed by atoms with E-state index in [1.165, 1.54) is 0 Å². The smallest absolute Gasteiger partial charge is 2.00 e. The molecule has 42 valence electrons. The molecular weight excluding hydrogens is 366 g/mol. The second-order valence-corrected chi connectivity index (χ2v) is 0.158. The van der Waals surface area contributed by atoms with Crippen LogP contribution < -0.4 is 0 Å². The van der Waals surface area contributed by atoms with Crippen LogP contribution in [-0.4, -0.2) is 0 Å². The van der Waals surface area contributed by atoms with E-state index in [4.69, 9.17) is 6.63 Å². The Morgan fingerprint density at radius 1 is 1.25 bits per heavy atom. The summed E-state index contributed by atoms with van der Waals surface area (Å²) in [6, 6.07) is 1.60. The van der Waals surface area contributed by atoms with Crippen molar-refractivity contribution in [1.29, 1.82) is 5.26 Å². The van der Waals surface area contributed by atoms with Gasteiger partial charge in [-0.2, -0.15) is 5.26 Å². The average Bonchev–Trinajstić information content (AvgIpc) is 1.37. The molecule has 0 spiro atoms. The molecule has 4 nitrogen and oxygen atoms in total. The molecular formula is C2H3Ce2NO3. The monoisotopic (exact) mass is 370 g/mol. The summed E-state index contributed by atoms with van der Waals surface area (Å²) in [5.41, 5.74) is 0. The number of hydrogen-bond donors (Lipinski definition) is 0. The Morgan fingerprint density at radius 3 is 1.38 bits per heavy atom. The van der Waals surface area contributed by atoms with E-state index < -0.39 is 0 Å². The van der Waals surface area contributed by atoms with Gasteiger partial charge in [-0.3, -0.25) is 0 Å². The standard InChI is InChI=1S/C2H3N.2Ce.3O/c1-2-3;;;;;/h1H3;;;;;/q;2*+3;3*-2/i1D;;;;;. The Kier molecular flexibility index (Phi) is 248. The van der Waals surface area contributed by atoms with Crippen molar-refractivity contribution in [3.05, 3.63) is 0 Å². The fourth-order valence-corrected chi connectivity index (χ4v) is 0. The summed E-state index contributed by atoms with van der Waals surface area (Å²) in [7, 11) is 0. The molecule has 0 rings (SSSR count). The molecule has 6 heteroatoms. The molecule has 0 aliphatic carbocycles. The molecule has 0 bridgehead atoms. The van der Waals surface area contributed by atoms with Crippen LogP contribution in [0.3, 0.4) is 0 Å². The number of nitriles is 1. The molecule has 0 aromatic carbocycles. The molecule has 0 saturated carbocycles. The van der Waals surface area contributed by atoms with Crippen molar-refractivity contribution in [1.82, 2.24) is 0 Å². The predicted molar refractivity (Wildman–Crippen MR) is 13.3 cm³/mol. The molecule has 0 N–H and O–H groups in total. The van der Waals surface area contributed by atoms with Crippen LogP contribution in [0.25, 0.3) is 0 Å². The molecule has 0 aliphatic rings. The van der Waals surface area contributed by atoms with E-state index >= 15 is 0 Å². The van der Waals surface area contributed by atoms with Crippen molar-refractivity contribution in [2.45, 2.75) is 6.90 Å². The van der Waals surface area contributed by atoms with E-state index in [-0.39, 0.29) is 107 Å². The summed E-state index contributed by atoms with van der Waals surface area (Å²) in [5, 5.41) is 7.44. The van der Waals surface area contributed by atoms with Crippen LogP contribution in [0.2, 0.25) is 0 Å². The first-order valence-corrected chi connectivity index (χ1v) is 0.577. The van der Waals surface area contributed by atoms with Gasteiger partial charge in [-0.25, -0.2) is 0 Å². The minimum absolute atomic E-state index is 0. The molecule has 0 unspecified atom stereocenters.